The molecule has 0 aromatic heterocycles. The van der Waals surface area contributed by atoms with Gasteiger partial charge in [0.05, 0.1) is 6.61 Å². The molecule has 6 nitrogen and oxygen atoms in total. The van der Waals surface area contributed by atoms with Crippen molar-refractivity contribution in [2.45, 2.75) is 38.8 Å². The first-order valence-corrected chi connectivity index (χ1v) is 4.97. The van der Waals surface area contributed by atoms with Gasteiger partial charge in [-0.2, -0.15) is 5.43 Å². The summed E-state index contributed by atoms with van der Waals surface area (Å²) >= 11 is 0. The van der Waals surface area contributed by atoms with Crippen LogP contribution in [0, 0.1) is 0 Å². The molecular formula is C9H16N2O4. The number of hydrogen-bond acceptors (Lipinski definition) is 5. The molecule has 0 radical (unpaired) electrons. The standard InChI is InChI=1S/C9H16N2O4/c1-3-4-7(12)14-6-5-9(2)11-10-8(13)15-9/h11H,3-6H2,1-2H3,(H,10,13). The van der Waals surface area contributed by atoms with Gasteiger partial charge in [0.2, 0.25) is 0 Å². The van der Waals surface area contributed by atoms with E-state index in [9.17, 15) is 9.59 Å². The molecular weight excluding hydrogens is 200 g/mol. The molecule has 1 atom stereocenters. The number of amides is 1. The van der Waals surface area contributed by atoms with Crippen molar-refractivity contribution in [3.63, 3.8) is 0 Å². The molecule has 0 bridgehead atoms. The van der Waals surface area contributed by atoms with E-state index in [4.69, 9.17) is 9.47 Å². The smallest absolute Gasteiger partial charge is 0.423 e. The molecule has 0 aromatic rings. The van der Waals surface area contributed by atoms with E-state index in [2.05, 4.69) is 10.9 Å². The zero-order valence-electron chi connectivity index (χ0n) is 8.96. The zero-order chi connectivity index (χ0) is 11.3. The molecule has 0 spiro atoms. The molecule has 1 aliphatic heterocycles. The predicted molar refractivity (Wildman–Crippen MR) is 51.6 cm³/mol. The lowest BCUT2D eigenvalue weighted by Gasteiger charge is -2.20. The monoisotopic (exact) mass is 216 g/mol. The number of hydrazine groups is 1. The van der Waals surface area contributed by atoms with Gasteiger partial charge in [-0.05, 0) is 13.3 Å². The van der Waals surface area contributed by atoms with Gasteiger partial charge in [0.15, 0.2) is 5.72 Å². The number of carbonyl (C=O) groups is 2. The molecule has 2 N–H and O–H groups in total. The quantitative estimate of drug-likeness (QED) is 0.661. The van der Waals surface area contributed by atoms with Gasteiger partial charge in [-0.3, -0.25) is 10.2 Å². The fourth-order valence-electron chi connectivity index (χ4n) is 1.19. The van der Waals surface area contributed by atoms with Gasteiger partial charge in [-0.1, -0.05) is 6.92 Å². The first-order valence-electron chi connectivity index (χ1n) is 4.97. The van der Waals surface area contributed by atoms with Crippen LogP contribution in [0.4, 0.5) is 4.79 Å². The number of carbonyl (C=O) groups excluding carboxylic acids is 2. The van der Waals surface area contributed by atoms with Crippen molar-refractivity contribution in [1.82, 2.24) is 10.9 Å². The fraction of sp³-hybridized carbons (Fsp3) is 0.778. The van der Waals surface area contributed by atoms with Crippen LogP contribution in [0.2, 0.25) is 0 Å². The van der Waals surface area contributed by atoms with Crippen LogP contribution in [-0.4, -0.2) is 24.4 Å². The van der Waals surface area contributed by atoms with Crippen molar-refractivity contribution >= 4 is 12.1 Å². The number of esters is 1. The second kappa shape index (κ2) is 4.97. The summed E-state index contributed by atoms with van der Waals surface area (Å²) in [5.74, 6) is -0.224. The van der Waals surface area contributed by atoms with E-state index in [0.717, 1.165) is 6.42 Å². The largest absolute Gasteiger partial charge is 0.465 e. The van der Waals surface area contributed by atoms with Crippen molar-refractivity contribution in [3.05, 3.63) is 0 Å². The van der Waals surface area contributed by atoms with Crippen LogP contribution in [0.15, 0.2) is 0 Å². The molecule has 86 valence electrons. The lowest BCUT2D eigenvalue weighted by Crippen LogP contribution is -2.42. The lowest BCUT2D eigenvalue weighted by molar-refractivity contribution is -0.145. The summed E-state index contributed by atoms with van der Waals surface area (Å²) in [4.78, 5) is 21.8. The van der Waals surface area contributed by atoms with Crippen LogP contribution in [0.1, 0.15) is 33.1 Å². The van der Waals surface area contributed by atoms with E-state index in [1.165, 1.54) is 0 Å². The lowest BCUT2D eigenvalue weighted by atomic mass is 10.2. The second-order valence-electron chi connectivity index (χ2n) is 3.59. The van der Waals surface area contributed by atoms with E-state index >= 15 is 0 Å². The maximum atomic E-state index is 11.0. The Morgan fingerprint density at radius 1 is 1.60 bits per heavy atom. The maximum Gasteiger partial charge on any atom is 0.423 e. The Hall–Kier alpha value is -1.30. The summed E-state index contributed by atoms with van der Waals surface area (Å²) in [6.45, 7) is 3.85. The van der Waals surface area contributed by atoms with E-state index in [1.54, 1.807) is 6.92 Å². The highest BCUT2D eigenvalue weighted by molar-refractivity contribution is 5.69. The Kier molecular flexibility index (Phi) is 3.90. The summed E-state index contributed by atoms with van der Waals surface area (Å²) < 4.78 is 9.88. The summed E-state index contributed by atoms with van der Waals surface area (Å²) in [7, 11) is 0. The molecule has 1 saturated heterocycles. The Bertz CT molecular complexity index is 256. The summed E-state index contributed by atoms with van der Waals surface area (Å²) in [5, 5.41) is 0. The van der Waals surface area contributed by atoms with Crippen LogP contribution < -0.4 is 10.9 Å². The average molecular weight is 216 g/mol. The Balaban J connectivity index is 2.19. The molecule has 6 heteroatoms. The maximum absolute atomic E-state index is 11.0. The fourth-order valence-corrected chi connectivity index (χ4v) is 1.19. The highest BCUT2D eigenvalue weighted by Gasteiger charge is 2.34. The topological polar surface area (TPSA) is 76.7 Å². The van der Waals surface area contributed by atoms with Crippen LogP contribution in [0.3, 0.4) is 0 Å². The summed E-state index contributed by atoms with van der Waals surface area (Å²) in [5.41, 5.74) is 4.21. The molecule has 0 aliphatic carbocycles. The second-order valence-corrected chi connectivity index (χ2v) is 3.59. The first-order chi connectivity index (χ1) is 7.06. The SMILES string of the molecule is CCCC(=O)OCCC1(C)NNC(=O)O1. The molecule has 1 amide bonds. The van der Waals surface area contributed by atoms with Gasteiger partial charge in [0, 0.05) is 12.8 Å². The minimum Gasteiger partial charge on any atom is -0.465 e. The number of cyclic esters (lactones) is 1. The first kappa shape index (κ1) is 11.8. The number of ether oxygens (including phenoxy) is 2. The van der Waals surface area contributed by atoms with E-state index in [1.807, 2.05) is 6.92 Å². The summed E-state index contributed by atoms with van der Waals surface area (Å²) in [6, 6.07) is 0. The van der Waals surface area contributed by atoms with Gasteiger partial charge in [-0.15, -0.1) is 0 Å². The summed E-state index contributed by atoms with van der Waals surface area (Å²) in [6.07, 6.45) is 1.09. The molecule has 1 fully saturated rings. The molecule has 0 saturated carbocycles. The van der Waals surface area contributed by atoms with Crippen molar-refractivity contribution < 1.29 is 19.1 Å². The highest BCUT2D eigenvalue weighted by Crippen LogP contribution is 2.15. The normalized spacial score (nSPS) is 24.5. The van der Waals surface area contributed by atoms with Crippen molar-refractivity contribution in [2.75, 3.05) is 6.61 Å². The van der Waals surface area contributed by atoms with Crippen molar-refractivity contribution in [1.29, 1.82) is 0 Å². The Labute approximate surface area is 88.3 Å². The van der Waals surface area contributed by atoms with Crippen molar-refractivity contribution in [3.8, 4) is 0 Å². The van der Waals surface area contributed by atoms with Crippen LogP contribution in [-0.2, 0) is 14.3 Å². The van der Waals surface area contributed by atoms with Gasteiger partial charge < -0.3 is 9.47 Å². The zero-order valence-corrected chi connectivity index (χ0v) is 8.96. The van der Waals surface area contributed by atoms with Crippen LogP contribution >= 0.6 is 0 Å². The third-order valence-electron chi connectivity index (χ3n) is 2.04. The minimum absolute atomic E-state index is 0.224. The minimum atomic E-state index is -0.788. The third kappa shape index (κ3) is 3.75. The molecule has 1 aliphatic rings. The number of hydrogen-bond donors (Lipinski definition) is 2. The van der Waals surface area contributed by atoms with Gasteiger partial charge in [0.1, 0.15) is 0 Å². The highest BCUT2D eigenvalue weighted by atomic mass is 16.6. The van der Waals surface area contributed by atoms with E-state index < -0.39 is 11.8 Å². The molecule has 15 heavy (non-hydrogen) atoms. The number of rotatable bonds is 5. The van der Waals surface area contributed by atoms with Crippen LogP contribution in [0.5, 0.6) is 0 Å². The number of nitrogens with one attached hydrogen (secondary N) is 2. The van der Waals surface area contributed by atoms with Gasteiger partial charge in [-0.25, -0.2) is 4.79 Å². The van der Waals surface area contributed by atoms with Crippen LogP contribution in [0.25, 0.3) is 0 Å². The molecule has 1 rings (SSSR count). The average Bonchev–Trinajstić information content (AvgIpc) is 2.47. The molecule has 1 heterocycles. The Morgan fingerprint density at radius 3 is 2.87 bits per heavy atom. The Morgan fingerprint density at radius 2 is 2.33 bits per heavy atom. The van der Waals surface area contributed by atoms with E-state index in [0.29, 0.717) is 12.8 Å². The van der Waals surface area contributed by atoms with Crippen molar-refractivity contribution in [2.24, 2.45) is 0 Å². The van der Waals surface area contributed by atoms with Gasteiger partial charge >= 0.3 is 12.1 Å². The predicted octanol–water partition coefficient (Wildman–Crippen LogP) is 0.680. The molecule has 0 aromatic carbocycles. The molecule has 1 unspecified atom stereocenters. The van der Waals surface area contributed by atoms with E-state index in [-0.39, 0.29) is 12.6 Å². The van der Waals surface area contributed by atoms with Gasteiger partial charge in [0.25, 0.3) is 0 Å². The third-order valence-corrected chi connectivity index (χ3v) is 2.04.